The van der Waals surface area contributed by atoms with Crippen LogP contribution < -0.4 is 5.43 Å². The summed E-state index contributed by atoms with van der Waals surface area (Å²) < 4.78 is 65.3. The van der Waals surface area contributed by atoms with Crippen LogP contribution in [0.5, 0.6) is 0 Å². The van der Waals surface area contributed by atoms with Crippen molar-refractivity contribution in [3.63, 3.8) is 0 Å². The summed E-state index contributed by atoms with van der Waals surface area (Å²) in [5, 5.41) is 0. The van der Waals surface area contributed by atoms with Gasteiger partial charge in [-0.3, -0.25) is 13.9 Å². The van der Waals surface area contributed by atoms with E-state index in [-0.39, 0.29) is 30.7 Å². The molecule has 0 aliphatic carbocycles. The maximum Gasteiger partial charge on any atom is 0.295 e. The molecule has 3 rings (SSSR count). The van der Waals surface area contributed by atoms with Crippen LogP contribution in [-0.4, -0.2) is 25.9 Å². The van der Waals surface area contributed by atoms with Gasteiger partial charge in [-0.2, -0.15) is 16.8 Å². The zero-order chi connectivity index (χ0) is 19.8. The first kappa shape index (κ1) is 19.4. The quantitative estimate of drug-likeness (QED) is 0.617. The van der Waals surface area contributed by atoms with E-state index in [1.54, 1.807) is 12.1 Å². The molecule has 0 saturated heterocycles. The van der Waals surface area contributed by atoms with Gasteiger partial charge in [-0.15, -0.1) is 11.3 Å². The Bertz CT molecular complexity index is 1190. The normalized spacial score (nSPS) is 12.1. The highest BCUT2D eigenvalue weighted by molar-refractivity contribution is 7.86. The van der Waals surface area contributed by atoms with Crippen molar-refractivity contribution < 1.29 is 25.9 Å². The average molecular weight is 424 g/mol. The van der Waals surface area contributed by atoms with E-state index in [4.69, 9.17) is 0 Å². The summed E-state index contributed by atoms with van der Waals surface area (Å²) in [6.45, 7) is 0. The van der Waals surface area contributed by atoms with E-state index in [0.717, 1.165) is 11.3 Å². The van der Waals surface area contributed by atoms with Crippen LogP contribution in [0.1, 0.15) is 0 Å². The Morgan fingerprint density at radius 3 is 1.41 bits per heavy atom. The lowest BCUT2D eigenvalue weighted by molar-refractivity contribution is 0.481. The molecule has 1 aromatic heterocycles. The van der Waals surface area contributed by atoms with E-state index < -0.39 is 25.7 Å². The summed E-state index contributed by atoms with van der Waals surface area (Å²) >= 11 is 0.952. The number of hydrogen-bond acceptors (Lipinski definition) is 6. The Kier molecular flexibility index (Phi) is 5.02. The van der Waals surface area contributed by atoms with Gasteiger partial charge < -0.3 is 0 Å². The van der Waals surface area contributed by atoms with Gasteiger partial charge in [0.1, 0.15) is 9.79 Å². The third-order valence-corrected chi connectivity index (χ3v) is 6.57. The van der Waals surface area contributed by atoms with Gasteiger partial charge in [0.25, 0.3) is 20.2 Å². The molecule has 0 saturated carbocycles. The molecule has 0 radical (unpaired) electrons. The van der Waals surface area contributed by atoms with Gasteiger partial charge in [-0.25, -0.2) is 0 Å². The summed E-state index contributed by atoms with van der Waals surface area (Å²) in [6.07, 6.45) is 0. The molecule has 2 aromatic carbocycles. The van der Waals surface area contributed by atoms with Crippen molar-refractivity contribution in [2.75, 3.05) is 0 Å². The van der Waals surface area contributed by atoms with E-state index in [2.05, 4.69) is 0 Å². The molecule has 2 N–H and O–H groups in total. The summed E-state index contributed by atoms with van der Waals surface area (Å²) in [5.41, 5.74) is -0.282. The number of benzene rings is 2. The first-order valence-electron chi connectivity index (χ1n) is 7.36. The van der Waals surface area contributed by atoms with Crippen LogP contribution in [0, 0.1) is 0 Å². The van der Waals surface area contributed by atoms with Crippen LogP contribution in [0.2, 0.25) is 0 Å². The molecular formula is C17H12O7S3. The smallest absolute Gasteiger partial charge is 0.290 e. The molecule has 3 aromatic rings. The minimum Gasteiger partial charge on any atom is -0.290 e. The first-order valence-corrected chi connectivity index (χ1v) is 11.1. The lowest BCUT2D eigenvalue weighted by Crippen LogP contribution is -2.04. The van der Waals surface area contributed by atoms with Crippen molar-refractivity contribution in [1.82, 2.24) is 0 Å². The highest BCUT2D eigenvalue weighted by atomic mass is 32.2. The molecule has 0 aliphatic rings. The standard InChI is InChI=1S/C17H12O7S3/c18-11-9-14(12-5-1-3-7-16(12)26(19,20)21)25-15(10-11)13-6-2-4-8-17(13)27(22,23)24/h1-10H,(H,19,20,21)(H,22,23,24). The Balaban J connectivity index is 2.31. The monoisotopic (exact) mass is 424 g/mol. The third kappa shape index (κ3) is 4.15. The van der Waals surface area contributed by atoms with Crippen molar-refractivity contribution >= 4 is 31.6 Å². The molecular weight excluding hydrogens is 412 g/mol. The van der Waals surface area contributed by atoms with Crippen molar-refractivity contribution in [3.05, 3.63) is 70.9 Å². The Labute approximate surface area is 159 Å². The van der Waals surface area contributed by atoms with E-state index in [1.807, 2.05) is 0 Å². The summed E-state index contributed by atoms with van der Waals surface area (Å²) in [5.74, 6) is 0. The SMILES string of the molecule is O=c1cc(-c2ccccc2S(=O)(=O)O)sc(-c2ccccc2S(=O)(=O)O)c1. The van der Waals surface area contributed by atoms with Crippen LogP contribution in [0.15, 0.2) is 75.2 Å². The highest BCUT2D eigenvalue weighted by Gasteiger charge is 2.20. The minimum atomic E-state index is -4.53. The van der Waals surface area contributed by atoms with E-state index in [9.17, 15) is 30.7 Å². The van der Waals surface area contributed by atoms with E-state index in [0.29, 0.717) is 0 Å². The molecule has 0 spiro atoms. The van der Waals surface area contributed by atoms with Gasteiger partial charge in [0.2, 0.25) is 0 Å². The Morgan fingerprint density at radius 1 is 0.667 bits per heavy atom. The summed E-state index contributed by atoms with van der Waals surface area (Å²) in [7, 11) is -9.07. The third-order valence-electron chi connectivity index (χ3n) is 3.63. The fourth-order valence-corrected chi connectivity index (χ4v) is 5.24. The maximum atomic E-state index is 12.2. The molecule has 1 heterocycles. The summed E-state index contributed by atoms with van der Waals surface area (Å²) in [4.78, 5) is 11.9. The van der Waals surface area contributed by atoms with Gasteiger partial charge >= 0.3 is 0 Å². The summed E-state index contributed by atoms with van der Waals surface area (Å²) in [6, 6.07) is 13.5. The van der Waals surface area contributed by atoms with Gasteiger partial charge in [0.15, 0.2) is 5.43 Å². The minimum absolute atomic E-state index is 0.105. The number of hydrogen-bond donors (Lipinski definition) is 2. The molecule has 27 heavy (non-hydrogen) atoms. The predicted octanol–water partition coefficient (Wildman–Crippen LogP) is 2.94. The number of rotatable bonds is 4. The van der Waals surface area contributed by atoms with Crippen molar-refractivity contribution in [1.29, 1.82) is 0 Å². The van der Waals surface area contributed by atoms with Gasteiger partial charge in [0, 0.05) is 33.0 Å². The average Bonchev–Trinajstić information content (AvgIpc) is 2.60. The molecule has 140 valence electrons. The van der Waals surface area contributed by atoms with Gasteiger partial charge in [0.05, 0.1) is 0 Å². The zero-order valence-electron chi connectivity index (χ0n) is 13.4. The molecule has 10 heteroatoms. The lowest BCUT2D eigenvalue weighted by Gasteiger charge is -2.10. The van der Waals surface area contributed by atoms with Crippen LogP contribution in [0.4, 0.5) is 0 Å². The zero-order valence-corrected chi connectivity index (χ0v) is 15.9. The van der Waals surface area contributed by atoms with E-state index in [1.165, 1.54) is 48.5 Å². The lowest BCUT2D eigenvalue weighted by atomic mass is 10.1. The Morgan fingerprint density at radius 2 is 1.04 bits per heavy atom. The molecule has 0 atom stereocenters. The van der Waals surface area contributed by atoms with Crippen molar-refractivity contribution in [3.8, 4) is 20.9 Å². The first-order chi connectivity index (χ1) is 12.6. The maximum absolute atomic E-state index is 12.2. The van der Waals surface area contributed by atoms with Crippen LogP contribution in [0.25, 0.3) is 20.9 Å². The van der Waals surface area contributed by atoms with E-state index >= 15 is 0 Å². The molecule has 7 nitrogen and oxygen atoms in total. The largest absolute Gasteiger partial charge is 0.295 e. The van der Waals surface area contributed by atoms with Crippen molar-refractivity contribution in [2.24, 2.45) is 0 Å². The molecule has 0 amide bonds. The molecule has 0 unspecified atom stereocenters. The highest BCUT2D eigenvalue weighted by Crippen LogP contribution is 2.36. The molecule has 0 aliphatic heterocycles. The fourth-order valence-electron chi connectivity index (χ4n) is 2.53. The van der Waals surface area contributed by atoms with Gasteiger partial charge in [-0.05, 0) is 12.1 Å². The van der Waals surface area contributed by atoms with Crippen LogP contribution >= 0.6 is 11.3 Å². The van der Waals surface area contributed by atoms with Gasteiger partial charge in [-0.1, -0.05) is 36.4 Å². The second kappa shape index (κ2) is 6.98. The van der Waals surface area contributed by atoms with Crippen LogP contribution in [0.3, 0.4) is 0 Å². The fraction of sp³-hybridized carbons (Fsp3) is 0. The second-order valence-corrected chi connectivity index (χ2v) is 9.33. The topological polar surface area (TPSA) is 126 Å². The molecule has 0 fully saturated rings. The predicted molar refractivity (Wildman–Crippen MR) is 101 cm³/mol. The molecule has 0 bridgehead atoms. The Hall–Kier alpha value is -2.37. The second-order valence-electron chi connectivity index (χ2n) is 5.46. The van der Waals surface area contributed by atoms with Crippen molar-refractivity contribution in [2.45, 2.75) is 9.79 Å². The van der Waals surface area contributed by atoms with Crippen LogP contribution in [-0.2, 0) is 20.2 Å².